The zero-order chi connectivity index (χ0) is 15.5. The van der Waals surface area contributed by atoms with Gasteiger partial charge in [-0.1, -0.05) is 45.9 Å². The van der Waals surface area contributed by atoms with Gasteiger partial charge < -0.3 is 4.23 Å². The van der Waals surface area contributed by atoms with Gasteiger partial charge in [0.15, 0.2) is 0 Å². The Balaban J connectivity index is 2.63. The third kappa shape index (κ3) is 2.78. The number of nitrogens with zero attached hydrogens (tertiary/aromatic N) is 3. The van der Waals surface area contributed by atoms with Crippen molar-refractivity contribution in [3.8, 4) is 0 Å². The van der Waals surface area contributed by atoms with Gasteiger partial charge in [-0.25, -0.2) is 0 Å². The van der Waals surface area contributed by atoms with Crippen molar-refractivity contribution in [2.45, 2.75) is 27.7 Å². The average molecular weight is 324 g/mol. The third-order valence-electron chi connectivity index (χ3n) is 4.24. The maximum Gasteiger partial charge on any atom is 0.427 e. The molecule has 2 aromatic rings. The number of halogens is 1. The highest BCUT2D eigenvalue weighted by atomic mass is 35.6. The molecule has 0 saturated heterocycles. The highest BCUT2D eigenvalue weighted by Crippen LogP contribution is 2.28. The zero-order valence-corrected chi connectivity index (χ0v) is 15.3. The molecule has 0 aliphatic heterocycles. The van der Waals surface area contributed by atoms with Crippen molar-refractivity contribution in [2.75, 3.05) is 26.2 Å². The number of benzene rings is 1. The molecule has 0 aliphatic rings. The molecule has 3 nitrogen and oxygen atoms in total. The second-order valence-electron chi connectivity index (χ2n) is 5.14. The normalized spacial score (nSPS) is 12.7. The molecule has 21 heavy (non-hydrogen) atoms. The quantitative estimate of drug-likeness (QED) is 0.566. The molecule has 0 atom stereocenters. The maximum atomic E-state index is 7.37. The first kappa shape index (κ1) is 16.6. The number of para-hydroxylation sites is 1. The Kier molecular flexibility index (Phi) is 5.49. The molecule has 0 bridgehead atoms. The molecule has 1 heterocycles. The van der Waals surface area contributed by atoms with E-state index in [-0.39, 0.29) is 0 Å². The highest BCUT2D eigenvalue weighted by Gasteiger charge is 2.46. The monoisotopic (exact) mass is 323 g/mol. The van der Waals surface area contributed by atoms with Crippen LogP contribution in [0.2, 0.25) is 0 Å². The van der Waals surface area contributed by atoms with Gasteiger partial charge in [0.25, 0.3) is 0 Å². The van der Waals surface area contributed by atoms with Crippen molar-refractivity contribution < 1.29 is 0 Å². The van der Waals surface area contributed by atoms with Crippen LogP contribution in [0.1, 0.15) is 27.7 Å². The first-order chi connectivity index (χ1) is 10.1. The number of hydrogen-bond donors (Lipinski definition) is 0. The SMILES string of the molecule is CCN(CC)[Si](Cl)(N(CC)CC)n1ccc2ccccc21. The molecule has 0 unspecified atom stereocenters. The average Bonchev–Trinajstić information content (AvgIpc) is 2.94. The summed E-state index contributed by atoms with van der Waals surface area (Å²) in [4.78, 5) is 0. The van der Waals surface area contributed by atoms with Crippen LogP contribution in [-0.2, 0) is 0 Å². The fraction of sp³-hybridized carbons (Fsp3) is 0.500. The van der Waals surface area contributed by atoms with Crippen molar-refractivity contribution in [2.24, 2.45) is 0 Å². The van der Waals surface area contributed by atoms with E-state index in [1.807, 2.05) is 0 Å². The lowest BCUT2D eigenvalue weighted by Crippen LogP contribution is -2.66. The Morgan fingerprint density at radius 1 is 0.905 bits per heavy atom. The summed E-state index contributed by atoms with van der Waals surface area (Å²) < 4.78 is 7.21. The minimum Gasteiger partial charge on any atom is -0.336 e. The van der Waals surface area contributed by atoms with E-state index in [4.69, 9.17) is 11.1 Å². The fourth-order valence-electron chi connectivity index (χ4n) is 3.09. The first-order valence-corrected chi connectivity index (χ1v) is 10.7. The number of hydrogen-bond acceptors (Lipinski definition) is 2. The van der Waals surface area contributed by atoms with E-state index < -0.39 is 7.87 Å². The standard InChI is InChI=1S/C16H26ClN3Si/c1-5-18(6-2)21(17,19(7-3)8-4)20-14-13-15-11-9-10-12-16(15)20/h9-14H,5-8H2,1-4H3. The van der Waals surface area contributed by atoms with Crippen LogP contribution in [0, 0.1) is 0 Å². The Hall–Kier alpha value is -0.813. The number of rotatable bonds is 7. The molecule has 1 aromatic carbocycles. The summed E-state index contributed by atoms with van der Waals surface area (Å²) in [5.74, 6) is 0. The number of fused-ring (bicyclic) bond motifs is 1. The van der Waals surface area contributed by atoms with Crippen LogP contribution in [0.5, 0.6) is 0 Å². The van der Waals surface area contributed by atoms with Crippen molar-refractivity contribution >= 4 is 29.9 Å². The van der Waals surface area contributed by atoms with E-state index in [1.165, 1.54) is 10.9 Å². The third-order valence-corrected chi connectivity index (χ3v) is 10.1. The molecular formula is C16H26ClN3Si. The molecule has 116 valence electrons. The Labute approximate surface area is 134 Å². The van der Waals surface area contributed by atoms with Crippen molar-refractivity contribution in [1.29, 1.82) is 0 Å². The van der Waals surface area contributed by atoms with E-state index in [9.17, 15) is 0 Å². The van der Waals surface area contributed by atoms with E-state index in [0.29, 0.717) is 0 Å². The van der Waals surface area contributed by atoms with Crippen molar-refractivity contribution in [3.05, 3.63) is 36.5 Å². The molecule has 5 heteroatoms. The first-order valence-electron chi connectivity index (χ1n) is 7.88. The summed E-state index contributed by atoms with van der Waals surface area (Å²) in [5.41, 5.74) is 1.23. The Bertz CT molecular complexity index is 564. The van der Waals surface area contributed by atoms with Gasteiger partial charge in [0.1, 0.15) is 0 Å². The largest absolute Gasteiger partial charge is 0.427 e. The minimum atomic E-state index is -2.44. The minimum absolute atomic E-state index is 0.967. The molecule has 0 aliphatic carbocycles. The lowest BCUT2D eigenvalue weighted by atomic mass is 10.3. The predicted octanol–water partition coefficient (Wildman–Crippen LogP) is 3.85. The summed E-state index contributed by atoms with van der Waals surface area (Å²) in [6.07, 6.45) is 2.17. The Morgan fingerprint density at radius 3 is 1.95 bits per heavy atom. The molecule has 2 rings (SSSR count). The lowest BCUT2D eigenvalue weighted by Gasteiger charge is -2.43. The molecule has 0 saturated carbocycles. The van der Waals surface area contributed by atoms with E-state index >= 15 is 0 Å². The van der Waals surface area contributed by atoms with E-state index in [1.54, 1.807) is 0 Å². The van der Waals surface area contributed by atoms with Gasteiger partial charge in [-0.2, -0.15) is 0 Å². The second kappa shape index (κ2) is 6.96. The van der Waals surface area contributed by atoms with Crippen LogP contribution in [0.3, 0.4) is 0 Å². The van der Waals surface area contributed by atoms with E-state index in [2.05, 4.69) is 77.6 Å². The van der Waals surface area contributed by atoms with Gasteiger partial charge in [0.2, 0.25) is 0 Å². The summed E-state index contributed by atoms with van der Waals surface area (Å²) in [7, 11) is -2.44. The van der Waals surface area contributed by atoms with Crippen LogP contribution in [0.15, 0.2) is 36.5 Å². The van der Waals surface area contributed by atoms with Gasteiger partial charge in [0.05, 0.1) is 0 Å². The highest BCUT2D eigenvalue weighted by molar-refractivity contribution is 7.16. The molecule has 1 aromatic heterocycles. The fourth-order valence-corrected chi connectivity index (χ4v) is 8.36. The topological polar surface area (TPSA) is 11.4 Å². The zero-order valence-electron chi connectivity index (χ0n) is 13.5. The van der Waals surface area contributed by atoms with Gasteiger partial charge >= 0.3 is 7.87 Å². The van der Waals surface area contributed by atoms with Gasteiger partial charge in [0, 0.05) is 5.52 Å². The van der Waals surface area contributed by atoms with Crippen LogP contribution in [0.25, 0.3) is 10.9 Å². The Morgan fingerprint density at radius 2 is 1.43 bits per heavy atom. The smallest absolute Gasteiger partial charge is 0.336 e. The molecule has 0 N–H and O–H groups in total. The van der Waals surface area contributed by atoms with Crippen LogP contribution in [0.4, 0.5) is 0 Å². The lowest BCUT2D eigenvalue weighted by molar-refractivity contribution is 0.360. The molecular weight excluding hydrogens is 298 g/mol. The molecule has 0 fully saturated rings. The van der Waals surface area contributed by atoms with Crippen LogP contribution in [-0.4, -0.2) is 47.4 Å². The summed E-state index contributed by atoms with van der Waals surface area (Å²) in [6.45, 7) is 12.7. The maximum absolute atomic E-state index is 7.37. The number of aromatic nitrogens is 1. The van der Waals surface area contributed by atoms with E-state index in [0.717, 1.165) is 26.2 Å². The summed E-state index contributed by atoms with van der Waals surface area (Å²) in [5, 5.41) is 1.26. The van der Waals surface area contributed by atoms with Crippen molar-refractivity contribution in [1.82, 2.24) is 13.4 Å². The van der Waals surface area contributed by atoms with Crippen LogP contribution < -0.4 is 0 Å². The second-order valence-corrected chi connectivity index (χ2v) is 9.52. The van der Waals surface area contributed by atoms with Crippen LogP contribution >= 0.6 is 11.1 Å². The molecule has 0 amide bonds. The predicted molar refractivity (Wildman–Crippen MR) is 94.8 cm³/mol. The van der Waals surface area contributed by atoms with Gasteiger partial charge in [-0.05, 0) is 49.9 Å². The molecule has 0 spiro atoms. The van der Waals surface area contributed by atoms with Gasteiger partial charge in [-0.3, -0.25) is 9.13 Å². The summed E-state index contributed by atoms with van der Waals surface area (Å²) in [6, 6.07) is 10.7. The molecule has 0 radical (unpaired) electrons. The van der Waals surface area contributed by atoms with Gasteiger partial charge in [-0.15, -0.1) is 11.1 Å². The van der Waals surface area contributed by atoms with Crippen molar-refractivity contribution in [3.63, 3.8) is 0 Å². The summed E-state index contributed by atoms with van der Waals surface area (Å²) >= 11 is 7.37.